The summed E-state index contributed by atoms with van der Waals surface area (Å²) in [6, 6.07) is 11.7. The van der Waals surface area contributed by atoms with Crippen LogP contribution in [0.5, 0.6) is 0 Å². The molecule has 1 fully saturated rings. The van der Waals surface area contributed by atoms with Crippen molar-refractivity contribution in [1.29, 1.82) is 0 Å². The van der Waals surface area contributed by atoms with Crippen LogP contribution in [0, 0.1) is 6.92 Å². The zero-order valence-electron chi connectivity index (χ0n) is 11.3. The predicted molar refractivity (Wildman–Crippen MR) is 78.0 cm³/mol. The first-order valence-electron chi connectivity index (χ1n) is 6.90. The normalized spacial score (nSPS) is 14.8. The number of fused-ring (bicyclic) bond motifs is 1. The summed E-state index contributed by atoms with van der Waals surface area (Å²) in [5.74, 6) is 0.582. The highest BCUT2D eigenvalue weighted by molar-refractivity contribution is 5.61. The van der Waals surface area contributed by atoms with Gasteiger partial charge in [0, 0.05) is 29.3 Å². The molecule has 1 N–H and O–H groups in total. The largest absolute Gasteiger partial charge is 0.293 e. The number of rotatable bonds is 2. The number of H-pyrrole nitrogens is 1. The number of nitrogens with one attached hydrogen (secondary N) is 1. The van der Waals surface area contributed by atoms with Crippen LogP contribution in [0.1, 0.15) is 30.0 Å². The average Bonchev–Trinajstić information content (AvgIpc) is 3.19. The molecular formula is C16H15N3O. The molecule has 4 rings (SSSR count). The summed E-state index contributed by atoms with van der Waals surface area (Å²) >= 11 is 0. The van der Waals surface area contributed by atoms with Crippen LogP contribution in [0.2, 0.25) is 0 Å². The van der Waals surface area contributed by atoms with Crippen LogP contribution in [-0.2, 0) is 0 Å². The van der Waals surface area contributed by atoms with Gasteiger partial charge in [0.2, 0.25) is 0 Å². The number of aromatic nitrogens is 3. The Hall–Kier alpha value is -2.36. The molecule has 1 aromatic carbocycles. The molecule has 0 aliphatic heterocycles. The van der Waals surface area contributed by atoms with Crippen LogP contribution in [-0.4, -0.2) is 14.6 Å². The number of benzene rings is 1. The van der Waals surface area contributed by atoms with Gasteiger partial charge in [-0.25, -0.2) is 9.50 Å². The zero-order chi connectivity index (χ0) is 13.7. The van der Waals surface area contributed by atoms with E-state index in [4.69, 9.17) is 0 Å². The molecule has 0 spiro atoms. The fourth-order valence-electron chi connectivity index (χ4n) is 2.49. The van der Waals surface area contributed by atoms with Crippen molar-refractivity contribution in [3.8, 4) is 11.3 Å². The Morgan fingerprint density at radius 1 is 1.20 bits per heavy atom. The van der Waals surface area contributed by atoms with Crippen LogP contribution < -0.4 is 5.56 Å². The molecule has 1 saturated carbocycles. The zero-order valence-corrected chi connectivity index (χ0v) is 11.3. The van der Waals surface area contributed by atoms with Crippen molar-refractivity contribution < 1.29 is 0 Å². The predicted octanol–water partition coefficient (Wildman–Crippen LogP) is 2.88. The average molecular weight is 265 g/mol. The Bertz CT molecular complexity index is 838. The van der Waals surface area contributed by atoms with E-state index in [1.54, 1.807) is 6.07 Å². The third-order valence-corrected chi connectivity index (χ3v) is 3.83. The molecule has 3 aromatic rings. The molecular weight excluding hydrogens is 250 g/mol. The quantitative estimate of drug-likeness (QED) is 0.774. The van der Waals surface area contributed by atoms with E-state index in [-0.39, 0.29) is 5.56 Å². The highest BCUT2D eigenvalue weighted by atomic mass is 16.1. The molecule has 100 valence electrons. The van der Waals surface area contributed by atoms with E-state index in [9.17, 15) is 4.79 Å². The van der Waals surface area contributed by atoms with E-state index in [2.05, 4.69) is 10.1 Å². The molecule has 2 heterocycles. The summed E-state index contributed by atoms with van der Waals surface area (Å²) in [6.45, 7) is 2.04. The van der Waals surface area contributed by atoms with Crippen molar-refractivity contribution in [2.24, 2.45) is 0 Å². The van der Waals surface area contributed by atoms with Gasteiger partial charge in [-0.05, 0) is 19.8 Å². The van der Waals surface area contributed by atoms with Crippen molar-refractivity contribution >= 4 is 5.65 Å². The molecule has 1 aliphatic rings. The summed E-state index contributed by atoms with van der Waals surface area (Å²) in [6.07, 6.45) is 2.40. The summed E-state index contributed by atoms with van der Waals surface area (Å²) < 4.78 is 1.53. The lowest BCUT2D eigenvalue weighted by Crippen LogP contribution is -2.14. The third kappa shape index (κ3) is 1.84. The molecule has 0 bridgehead atoms. The number of aryl methyl sites for hydroxylation is 1. The van der Waals surface area contributed by atoms with Crippen LogP contribution >= 0.6 is 0 Å². The van der Waals surface area contributed by atoms with Crippen molar-refractivity contribution in [3.05, 3.63) is 58.0 Å². The first-order chi connectivity index (χ1) is 9.70. The lowest BCUT2D eigenvalue weighted by Gasteiger charge is -2.01. The molecule has 20 heavy (non-hydrogen) atoms. The Balaban J connectivity index is 1.88. The van der Waals surface area contributed by atoms with Gasteiger partial charge in [-0.2, -0.15) is 0 Å². The smallest absolute Gasteiger partial charge is 0.273 e. The van der Waals surface area contributed by atoms with Gasteiger partial charge in [-0.15, -0.1) is 0 Å². The van der Waals surface area contributed by atoms with Crippen LogP contribution in [0.4, 0.5) is 0 Å². The standard InChI is InChI=1S/C16H15N3O/c1-10-2-4-11(5-3-10)13-9-16(20)19-15(17-13)8-14(18-19)12-6-7-12/h2-5,8-9,12,18H,6-7H2,1H3. The van der Waals surface area contributed by atoms with Crippen LogP contribution in [0.3, 0.4) is 0 Å². The highest BCUT2D eigenvalue weighted by Gasteiger charge is 2.25. The molecule has 0 amide bonds. The van der Waals surface area contributed by atoms with Gasteiger partial charge in [0.15, 0.2) is 5.65 Å². The van der Waals surface area contributed by atoms with Gasteiger partial charge >= 0.3 is 0 Å². The lowest BCUT2D eigenvalue weighted by molar-refractivity contribution is 0.854. The van der Waals surface area contributed by atoms with Crippen molar-refractivity contribution in [3.63, 3.8) is 0 Å². The Labute approximate surface area is 116 Å². The first-order valence-corrected chi connectivity index (χ1v) is 6.90. The lowest BCUT2D eigenvalue weighted by atomic mass is 10.1. The molecule has 0 radical (unpaired) electrons. The van der Waals surface area contributed by atoms with E-state index in [1.807, 2.05) is 37.3 Å². The number of hydrogen-bond donors (Lipinski definition) is 1. The maximum Gasteiger partial charge on any atom is 0.273 e. The summed E-state index contributed by atoms with van der Waals surface area (Å²) in [5, 5.41) is 3.16. The van der Waals surface area contributed by atoms with E-state index in [1.165, 1.54) is 22.9 Å². The third-order valence-electron chi connectivity index (χ3n) is 3.83. The highest BCUT2D eigenvalue weighted by Crippen LogP contribution is 2.39. The van der Waals surface area contributed by atoms with E-state index < -0.39 is 0 Å². The summed E-state index contributed by atoms with van der Waals surface area (Å²) in [5.41, 5.74) is 4.67. The second-order valence-electron chi connectivity index (χ2n) is 5.53. The molecule has 0 unspecified atom stereocenters. The van der Waals surface area contributed by atoms with Gasteiger partial charge in [-0.3, -0.25) is 9.89 Å². The number of nitrogens with zero attached hydrogens (tertiary/aromatic N) is 2. The van der Waals surface area contributed by atoms with E-state index in [0.29, 0.717) is 11.6 Å². The topological polar surface area (TPSA) is 50.2 Å². The number of hydrogen-bond acceptors (Lipinski definition) is 2. The SMILES string of the molecule is Cc1ccc(-c2cc(=O)n3[nH]c(C4CC4)cc3n2)cc1. The van der Waals surface area contributed by atoms with Crippen molar-refractivity contribution in [1.82, 2.24) is 14.6 Å². The summed E-state index contributed by atoms with van der Waals surface area (Å²) in [7, 11) is 0. The van der Waals surface area contributed by atoms with Crippen molar-refractivity contribution in [2.45, 2.75) is 25.7 Å². The van der Waals surface area contributed by atoms with Crippen LogP contribution in [0.25, 0.3) is 16.9 Å². The second-order valence-corrected chi connectivity index (χ2v) is 5.53. The monoisotopic (exact) mass is 265 g/mol. The Kier molecular flexibility index (Phi) is 2.33. The van der Waals surface area contributed by atoms with Crippen LogP contribution in [0.15, 0.2) is 41.2 Å². The molecule has 0 atom stereocenters. The molecule has 2 aromatic heterocycles. The van der Waals surface area contributed by atoms with Gasteiger partial charge in [0.05, 0.1) is 5.69 Å². The van der Waals surface area contributed by atoms with Gasteiger partial charge < -0.3 is 0 Å². The Morgan fingerprint density at radius 3 is 2.65 bits per heavy atom. The maximum absolute atomic E-state index is 12.2. The molecule has 4 nitrogen and oxygen atoms in total. The van der Waals surface area contributed by atoms with E-state index >= 15 is 0 Å². The maximum atomic E-state index is 12.2. The fraction of sp³-hybridized carbons (Fsp3) is 0.250. The van der Waals surface area contributed by atoms with Gasteiger partial charge in [0.1, 0.15) is 0 Å². The minimum atomic E-state index is -0.0579. The van der Waals surface area contributed by atoms with Gasteiger partial charge in [0.25, 0.3) is 5.56 Å². The minimum Gasteiger partial charge on any atom is -0.293 e. The number of aromatic amines is 1. The minimum absolute atomic E-state index is 0.0579. The van der Waals surface area contributed by atoms with Crippen molar-refractivity contribution in [2.75, 3.05) is 0 Å². The van der Waals surface area contributed by atoms with E-state index in [0.717, 1.165) is 17.0 Å². The second kappa shape index (κ2) is 4.07. The Morgan fingerprint density at radius 2 is 1.95 bits per heavy atom. The van der Waals surface area contributed by atoms with Gasteiger partial charge in [-0.1, -0.05) is 29.8 Å². The summed E-state index contributed by atoms with van der Waals surface area (Å²) in [4.78, 5) is 16.8. The molecule has 4 heteroatoms. The first kappa shape index (κ1) is 11.5. The fourth-order valence-corrected chi connectivity index (χ4v) is 2.49. The molecule has 0 saturated heterocycles. The molecule has 1 aliphatic carbocycles.